The summed E-state index contributed by atoms with van der Waals surface area (Å²) < 4.78 is 0. The Kier molecular flexibility index (Phi) is 3.38. The molecule has 1 aromatic heterocycles. The minimum atomic E-state index is -0.467. The quantitative estimate of drug-likeness (QED) is 0.775. The van der Waals surface area contributed by atoms with Crippen molar-refractivity contribution in [2.45, 2.75) is 44.8 Å². The molecule has 2 heterocycles. The Bertz CT molecular complexity index is 387. The summed E-state index contributed by atoms with van der Waals surface area (Å²) in [7, 11) is 0. The van der Waals surface area contributed by atoms with Gasteiger partial charge in [0.1, 0.15) is 5.01 Å². The van der Waals surface area contributed by atoms with Gasteiger partial charge in [0.15, 0.2) is 0 Å². The second kappa shape index (κ2) is 4.51. The topological polar surface area (TPSA) is 75.3 Å². The van der Waals surface area contributed by atoms with Gasteiger partial charge >= 0.3 is 0 Å². The molecule has 17 heavy (non-hydrogen) atoms. The van der Waals surface area contributed by atoms with Gasteiger partial charge in [0, 0.05) is 24.5 Å². The minimum absolute atomic E-state index is 0.0285. The number of rotatable bonds is 1. The van der Waals surface area contributed by atoms with Crippen molar-refractivity contribution in [2.75, 3.05) is 18.0 Å². The van der Waals surface area contributed by atoms with Crippen LogP contribution in [-0.2, 0) is 5.41 Å². The molecule has 0 aromatic carbocycles. The molecule has 5 nitrogen and oxygen atoms in total. The van der Waals surface area contributed by atoms with Crippen molar-refractivity contribution in [1.82, 2.24) is 10.2 Å². The highest BCUT2D eigenvalue weighted by Gasteiger charge is 2.28. The van der Waals surface area contributed by atoms with Crippen LogP contribution < -0.4 is 10.6 Å². The molecule has 0 amide bonds. The molecule has 2 atom stereocenters. The average Bonchev–Trinajstić information content (AvgIpc) is 2.70. The molecule has 2 unspecified atom stereocenters. The molecule has 1 saturated heterocycles. The van der Waals surface area contributed by atoms with Gasteiger partial charge in [-0.05, 0) is 6.42 Å². The maximum Gasteiger partial charge on any atom is 0.208 e. The highest BCUT2D eigenvalue weighted by molar-refractivity contribution is 7.15. The third kappa shape index (κ3) is 2.75. The Morgan fingerprint density at radius 3 is 2.65 bits per heavy atom. The van der Waals surface area contributed by atoms with E-state index in [0.29, 0.717) is 6.54 Å². The van der Waals surface area contributed by atoms with Gasteiger partial charge in [-0.15, -0.1) is 10.2 Å². The lowest BCUT2D eigenvalue weighted by Gasteiger charge is -2.33. The van der Waals surface area contributed by atoms with E-state index in [1.807, 2.05) is 0 Å². The van der Waals surface area contributed by atoms with Crippen LogP contribution in [0.1, 0.15) is 32.2 Å². The zero-order valence-electron chi connectivity index (χ0n) is 10.6. The highest BCUT2D eigenvalue weighted by atomic mass is 32.1. The van der Waals surface area contributed by atoms with Gasteiger partial charge in [0.05, 0.1) is 6.10 Å². The van der Waals surface area contributed by atoms with E-state index in [1.165, 1.54) is 0 Å². The largest absolute Gasteiger partial charge is 0.390 e. The lowest BCUT2D eigenvalue weighted by atomic mass is 9.98. The fourth-order valence-electron chi connectivity index (χ4n) is 1.77. The molecule has 0 spiro atoms. The molecule has 3 N–H and O–H groups in total. The molecule has 1 fully saturated rings. The summed E-state index contributed by atoms with van der Waals surface area (Å²) in [6.07, 6.45) is 0.330. The number of hydrogen-bond acceptors (Lipinski definition) is 6. The summed E-state index contributed by atoms with van der Waals surface area (Å²) in [4.78, 5) is 2.07. The highest BCUT2D eigenvalue weighted by Crippen LogP contribution is 2.30. The zero-order chi connectivity index (χ0) is 12.6. The Labute approximate surface area is 106 Å². The minimum Gasteiger partial charge on any atom is -0.390 e. The Balaban J connectivity index is 2.11. The van der Waals surface area contributed by atoms with E-state index in [0.717, 1.165) is 23.1 Å². The first kappa shape index (κ1) is 12.7. The van der Waals surface area contributed by atoms with Crippen LogP contribution in [0.25, 0.3) is 0 Å². The van der Waals surface area contributed by atoms with E-state index in [4.69, 9.17) is 5.73 Å². The van der Waals surface area contributed by atoms with Crippen LogP contribution in [0.2, 0.25) is 0 Å². The van der Waals surface area contributed by atoms with Crippen LogP contribution in [0, 0.1) is 0 Å². The van der Waals surface area contributed by atoms with Crippen molar-refractivity contribution < 1.29 is 5.11 Å². The molecule has 1 aliphatic rings. The Morgan fingerprint density at radius 1 is 1.41 bits per heavy atom. The van der Waals surface area contributed by atoms with Crippen LogP contribution in [0.5, 0.6) is 0 Å². The van der Waals surface area contributed by atoms with Crippen LogP contribution in [0.4, 0.5) is 5.13 Å². The van der Waals surface area contributed by atoms with Gasteiger partial charge in [-0.2, -0.15) is 0 Å². The van der Waals surface area contributed by atoms with E-state index in [9.17, 15) is 5.11 Å². The normalized spacial score (nSPS) is 26.3. The summed E-state index contributed by atoms with van der Waals surface area (Å²) >= 11 is 1.60. The summed E-state index contributed by atoms with van der Waals surface area (Å²) in [5, 5.41) is 20.1. The van der Waals surface area contributed by atoms with Crippen molar-refractivity contribution in [1.29, 1.82) is 0 Å². The van der Waals surface area contributed by atoms with E-state index in [1.54, 1.807) is 11.3 Å². The number of anilines is 1. The number of aliphatic hydroxyl groups excluding tert-OH is 1. The zero-order valence-corrected chi connectivity index (χ0v) is 11.4. The summed E-state index contributed by atoms with van der Waals surface area (Å²) in [6.45, 7) is 7.77. The summed E-state index contributed by atoms with van der Waals surface area (Å²) in [5.74, 6) is 0. The smallest absolute Gasteiger partial charge is 0.208 e. The van der Waals surface area contributed by atoms with Crippen molar-refractivity contribution in [3.8, 4) is 0 Å². The number of β-amino-alcohol motifs (C(OH)–C–C–N with tert-alkyl or cyclic N) is 1. The lowest BCUT2D eigenvalue weighted by molar-refractivity contribution is 0.132. The Hall–Kier alpha value is -0.720. The van der Waals surface area contributed by atoms with E-state index >= 15 is 0 Å². The standard InChI is InChI=1S/C11H20N4OS/c1-11(2,3)9-13-14-10(17-9)15-5-4-7(12)8(16)6-15/h7-8,16H,4-6,12H2,1-3H3. The van der Waals surface area contributed by atoms with E-state index in [2.05, 4.69) is 35.9 Å². The first-order valence-corrected chi connectivity index (χ1v) is 6.72. The molecule has 0 saturated carbocycles. The van der Waals surface area contributed by atoms with Gasteiger partial charge in [0.2, 0.25) is 5.13 Å². The molecule has 0 aliphatic carbocycles. The Morgan fingerprint density at radius 2 is 2.12 bits per heavy atom. The fourth-order valence-corrected chi connectivity index (χ4v) is 2.71. The first-order valence-electron chi connectivity index (χ1n) is 5.90. The van der Waals surface area contributed by atoms with Crippen molar-refractivity contribution in [2.24, 2.45) is 5.73 Å². The molecule has 1 aromatic rings. The predicted molar refractivity (Wildman–Crippen MR) is 69.4 cm³/mol. The molecule has 0 radical (unpaired) electrons. The molecule has 96 valence electrons. The number of aliphatic hydroxyl groups is 1. The second-order valence-electron chi connectivity index (χ2n) is 5.61. The fraction of sp³-hybridized carbons (Fsp3) is 0.818. The summed E-state index contributed by atoms with van der Waals surface area (Å²) in [6, 6.07) is -0.110. The van der Waals surface area contributed by atoms with Crippen LogP contribution in [-0.4, -0.2) is 40.5 Å². The molecular formula is C11H20N4OS. The number of nitrogens with zero attached hydrogens (tertiary/aromatic N) is 3. The second-order valence-corrected chi connectivity index (χ2v) is 6.56. The van der Waals surface area contributed by atoms with Gasteiger partial charge in [-0.25, -0.2) is 0 Å². The maximum absolute atomic E-state index is 9.77. The third-order valence-electron chi connectivity index (χ3n) is 2.96. The van der Waals surface area contributed by atoms with Crippen molar-refractivity contribution >= 4 is 16.5 Å². The number of aromatic nitrogens is 2. The monoisotopic (exact) mass is 256 g/mol. The van der Waals surface area contributed by atoms with Crippen LogP contribution >= 0.6 is 11.3 Å². The molecular weight excluding hydrogens is 236 g/mol. The van der Waals surface area contributed by atoms with Gasteiger partial charge < -0.3 is 15.7 Å². The van der Waals surface area contributed by atoms with Crippen LogP contribution in [0.3, 0.4) is 0 Å². The predicted octanol–water partition coefficient (Wildman–Crippen LogP) is 0.734. The van der Waals surface area contributed by atoms with Crippen LogP contribution in [0.15, 0.2) is 0 Å². The van der Waals surface area contributed by atoms with Gasteiger partial charge in [-0.1, -0.05) is 32.1 Å². The van der Waals surface area contributed by atoms with Gasteiger partial charge in [-0.3, -0.25) is 0 Å². The third-order valence-corrected chi connectivity index (χ3v) is 4.37. The van der Waals surface area contributed by atoms with E-state index in [-0.39, 0.29) is 11.5 Å². The molecule has 2 rings (SSSR count). The SMILES string of the molecule is CC(C)(C)c1nnc(N2CCC(N)C(O)C2)s1. The average molecular weight is 256 g/mol. The lowest BCUT2D eigenvalue weighted by Crippen LogP contribution is -2.50. The van der Waals surface area contributed by atoms with Gasteiger partial charge in [0.25, 0.3) is 0 Å². The number of piperidine rings is 1. The first-order chi connectivity index (χ1) is 7.88. The molecule has 6 heteroatoms. The maximum atomic E-state index is 9.77. The number of nitrogens with two attached hydrogens (primary N) is 1. The van der Waals surface area contributed by atoms with Crippen molar-refractivity contribution in [3.05, 3.63) is 5.01 Å². The number of hydrogen-bond donors (Lipinski definition) is 2. The molecule has 1 aliphatic heterocycles. The van der Waals surface area contributed by atoms with Crippen molar-refractivity contribution in [3.63, 3.8) is 0 Å². The summed E-state index contributed by atoms with van der Waals surface area (Å²) in [5.41, 5.74) is 5.81. The van der Waals surface area contributed by atoms with E-state index < -0.39 is 6.10 Å². The molecule has 0 bridgehead atoms.